The Hall–Kier alpha value is -4.85. The average Bonchev–Trinajstić information content (AvgIpc) is 3.32. The van der Waals surface area contributed by atoms with E-state index >= 15 is 0 Å². The lowest BCUT2D eigenvalue weighted by Crippen LogP contribution is -2.14. The van der Waals surface area contributed by atoms with Gasteiger partial charge in [-0.05, 0) is 84.9 Å². The van der Waals surface area contributed by atoms with E-state index in [-0.39, 0.29) is 5.82 Å². The quantitative estimate of drug-likeness (QED) is 0.320. The molecule has 0 unspecified atom stereocenters. The second-order valence-corrected chi connectivity index (χ2v) is 7.55. The molecular weight excluding hydrogens is 450 g/mol. The fourth-order valence-corrected chi connectivity index (χ4v) is 3.37. The maximum Gasteiger partial charge on any atom is 0.295 e. The smallest absolute Gasteiger partial charge is 0.295 e. The third kappa shape index (κ3) is 5.06. The van der Waals surface area contributed by atoms with Gasteiger partial charge in [0.2, 0.25) is 5.82 Å². The van der Waals surface area contributed by atoms with Crippen molar-refractivity contribution in [1.82, 2.24) is 14.8 Å². The molecule has 0 atom stereocenters. The van der Waals surface area contributed by atoms with Gasteiger partial charge in [-0.15, -0.1) is 5.10 Å². The Labute approximate surface area is 199 Å². The van der Waals surface area contributed by atoms with Crippen molar-refractivity contribution < 1.29 is 18.3 Å². The fraction of sp³-hybridized carbons (Fsp3) is 0. The molecule has 5 rings (SSSR count). The van der Waals surface area contributed by atoms with Crippen molar-refractivity contribution in [3.63, 3.8) is 0 Å². The molecule has 0 spiro atoms. The van der Waals surface area contributed by atoms with Crippen molar-refractivity contribution in [2.45, 2.75) is 0 Å². The molecule has 35 heavy (non-hydrogen) atoms. The first-order valence-electron chi connectivity index (χ1n) is 10.7. The molecule has 1 N–H and O–H groups in total. The van der Waals surface area contributed by atoms with Crippen LogP contribution in [-0.2, 0) is 0 Å². The van der Waals surface area contributed by atoms with Gasteiger partial charge in [0.1, 0.15) is 23.1 Å². The van der Waals surface area contributed by atoms with E-state index in [1.165, 1.54) is 53.2 Å². The fourth-order valence-electron chi connectivity index (χ4n) is 3.37. The lowest BCUT2D eigenvalue weighted by atomic mass is 10.2. The summed E-state index contributed by atoms with van der Waals surface area (Å²) in [5, 5.41) is 7.09. The Morgan fingerprint density at radius 2 is 1.34 bits per heavy atom. The molecule has 8 heteroatoms. The lowest BCUT2D eigenvalue weighted by molar-refractivity contribution is 0.101. The zero-order chi connectivity index (χ0) is 24.2. The van der Waals surface area contributed by atoms with Gasteiger partial charge in [-0.3, -0.25) is 4.79 Å². The number of amides is 1. The SMILES string of the molecule is O=C(Nc1ccc(Oc2ccccc2)cc1)c1nc(-c2ccc(F)cc2)n(-c2ccc(F)cc2)n1. The number of aromatic nitrogens is 3. The van der Waals surface area contributed by atoms with Gasteiger partial charge in [0.15, 0.2) is 5.82 Å². The van der Waals surface area contributed by atoms with Crippen LogP contribution in [0.3, 0.4) is 0 Å². The number of rotatable bonds is 6. The van der Waals surface area contributed by atoms with Crippen LogP contribution in [-0.4, -0.2) is 20.7 Å². The molecule has 0 aliphatic rings. The molecule has 1 amide bonds. The van der Waals surface area contributed by atoms with Gasteiger partial charge in [-0.1, -0.05) is 18.2 Å². The summed E-state index contributed by atoms with van der Waals surface area (Å²) in [6, 6.07) is 27.5. The molecule has 0 saturated heterocycles. The van der Waals surface area contributed by atoms with Crippen LogP contribution >= 0.6 is 0 Å². The molecule has 4 aromatic carbocycles. The Kier molecular flexibility index (Phi) is 6.00. The van der Waals surface area contributed by atoms with Crippen molar-refractivity contribution in [2.75, 3.05) is 5.32 Å². The van der Waals surface area contributed by atoms with Crippen molar-refractivity contribution in [2.24, 2.45) is 0 Å². The molecule has 5 aromatic rings. The minimum absolute atomic E-state index is 0.0988. The molecule has 0 aliphatic heterocycles. The van der Waals surface area contributed by atoms with Gasteiger partial charge in [-0.25, -0.2) is 18.4 Å². The van der Waals surface area contributed by atoms with Gasteiger partial charge in [0.25, 0.3) is 5.91 Å². The maximum absolute atomic E-state index is 13.4. The average molecular weight is 468 g/mol. The number of carbonyl (C=O) groups is 1. The highest BCUT2D eigenvalue weighted by molar-refractivity contribution is 6.01. The van der Waals surface area contributed by atoms with Crippen molar-refractivity contribution in [3.8, 4) is 28.6 Å². The third-order valence-electron chi connectivity index (χ3n) is 5.07. The number of carbonyl (C=O) groups excluding carboxylic acids is 1. The van der Waals surface area contributed by atoms with E-state index in [0.717, 1.165) is 0 Å². The Bertz CT molecular complexity index is 1390. The van der Waals surface area contributed by atoms with E-state index in [1.54, 1.807) is 24.3 Å². The first-order chi connectivity index (χ1) is 17.0. The third-order valence-corrected chi connectivity index (χ3v) is 5.07. The van der Waals surface area contributed by atoms with Crippen LogP contribution in [0.2, 0.25) is 0 Å². The topological polar surface area (TPSA) is 69.0 Å². The summed E-state index contributed by atoms with van der Waals surface area (Å²) >= 11 is 0. The van der Waals surface area contributed by atoms with Crippen LogP contribution in [0.1, 0.15) is 10.6 Å². The predicted molar refractivity (Wildman–Crippen MR) is 128 cm³/mol. The zero-order valence-electron chi connectivity index (χ0n) is 18.2. The molecule has 0 bridgehead atoms. The number of hydrogen-bond donors (Lipinski definition) is 1. The molecular formula is C27H18F2N4O2. The van der Waals surface area contributed by atoms with Gasteiger partial charge in [0, 0.05) is 11.3 Å². The highest BCUT2D eigenvalue weighted by Crippen LogP contribution is 2.24. The van der Waals surface area contributed by atoms with Gasteiger partial charge >= 0.3 is 0 Å². The predicted octanol–water partition coefficient (Wildman–Crippen LogP) is 6.26. The normalized spacial score (nSPS) is 10.7. The van der Waals surface area contributed by atoms with E-state index in [1.807, 2.05) is 30.3 Å². The number of nitrogens with one attached hydrogen (secondary N) is 1. The molecule has 0 saturated carbocycles. The number of anilines is 1. The minimum Gasteiger partial charge on any atom is -0.457 e. The molecule has 1 aromatic heterocycles. The minimum atomic E-state index is -0.536. The van der Waals surface area contributed by atoms with Crippen molar-refractivity contribution >= 4 is 11.6 Å². The van der Waals surface area contributed by atoms with Crippen LogP contribution in [0.4, 0.5) is 14.5 Å². The Morgan fingerprint density at radius 3 is 2.00 bits per heavy atom. The van der Waals surface area contributed by atoms with Crippen LogP contribution in [0.25, 0.3) is 17.1 Å². The first kappa shape index (κ1) is 22.0. The van der Waals surface area contributed by atoms with E-state index in [4.69, 9.17) is 4.74 Å². The van der Waals surface area contributed by atoms with Gasteiger partial charge < -0.3 is 10.1 Å². The van der Waals surface area contributed by atoms with Crippen LogP contribution in [0.5, 0.6) is 11.5 Å². The summed E-state index contributed by atoms with van der Waals surface area (Å²) in [5.41, 5.74) is 1.57. The van der Waals surface area contributed by atoms with E-state index in [9.17, 15) is 13.6 Å². The van der Waals surface area contributed by atoms with E-state index in [2.05, 4.69) is 15.4 Å². The number of ether oxygens (including phenoxy) is 1. The Morgan fingerprint density at radius 1 is 0.743 bits per heavy atom. The van der Waals surface area contributed by atoms with Crippen LogP contribution in [0, 0.1) is 11.6 Å². The number of halogens is 2. The van der Waals surface area contributed by atoms with Crippen LogP contribution in [0.15, 0.2) is 103 Å². The van der Waals surface area contributed by atoms with Crippen molar-refractivity contribution in [1.29, 1.82) is 0 Å². The second kappa shape index (κ2) is 9.56. The summed E-state index contributed by atoms with van der Waals surface area (Å²) in [4.78, 5) is 17.3. The molecule has 0 fully saturated rings. The molecule has 6 nitrogen and oxygen atoms in total. The summed E-state index contributed by atoms with van der Waals surface area (Å²) in [7, 11) is 0. The van der Waals surface area contributed by atoms with Gasteiger partial charge in [-0.2, -0.15) is 0 Å². The summed E-state index contributed by atoms with van der Waals surface area (Å²) in [6.45, 7) is 0. The first-order valence-corrected chi connectivity index (χ1v) is 10.7. The summed E-state index contributed by atoms with van der Waals surface area (Å²) < 4.78 is 34.1. The number of para-hydroxylation sites is 1. The van der Waals surface area contributed by atoms with E-state index < -0.39 is 17.5 Å². The largest absolute Gasteiger partial charge is 0.457 e. The molecule has 0 aliphatic carbocycles. The Balaban J connectivity index is 1.40. The number of nitrogens with zero attached hydrogens (tertiary/aromatic N) is 3. The second-order valence-electron chi connectivity index (χ2n) is 7.55. The molecule has 1 heterocycles. The van der Waals surface area contributed by atoms with E-state index in [0.29, 0.717) is 34.3 Å². The monoisotopic (exact) mass is 468 g/mol. The zero-order valence-corrected chi connectivity index (χ0v) is 18.2. The molecule has 0 radical (unpaired) electrons. The number of benzene rings is 4. The molecule has 172 valence electrons. The highest BCUT2D eigenvalue weighted by atomic mass is 19.1. The summed E-state index contributed by atoms with van der Waals surface area (Å²) in [6.07, 6.45) is 0. The highest BCUT2D eigenvalue weighted by Gasteiger charge is 2.19. The van der Waals surface area contributed by atoms with Crippen LogP contribution < -0.4 is 10.1 Å². The van der Waals surface area contributed by atoms with Crippen molar-refractivity contribution in [3.05, 3.63) is 121 Å². The van der Waals surface area contributed by atoms with Gasteiger partial charge in [0.05, 0.1) is 5.69 Å². The lowest BCUT2D eigenvalue weighted by Gasteiger charge is -2.07. The summed E-state index contributed by atoms with van der Waals surface area (Å²) in [5.74, 6) is 0.186. The number of hydrogen-bond acceptors (Lipinski definition) is 4. The standard InChI is InChI=1S/C27H18F2N4O2/c28-19-8-6-18(7-9-19)26-31-25(32-33(26)22-14-10-20(29)11-15-22)27(34)30-21-12-16-24(17-13-21)35-23-4-2-1-3-5-23/h1-17H,(H,30,34). The maximum atomic E-state index is 13.4.